The smallest absolute Gasteiger partial charge is 0.411 e. The molecule has 0 rings (SSSR count). The third-order valence-electron chi connectivity index (χ3n) is 1.11. The molecule has 2 nitrogen and oxygen atoms in total. The summed E-state index contributed by atoms with van der Waals surface area (Å²) in [5, 5.41) is 9.35. The predicted molar refractivity (Wildman–Crippen MR) is 34.1 cm³/mol. The van der Waals surface area contributed by atoms with Crippen molar-refractivity contribution in [2.45, 2.75) is 17.1 Å². The van der Waals surface area contributed by atoms with E-state index in [1.165, 1.54) is 0 Å². The van der Waals surface area contributed by atoms with Gasteiger partial charge in [0.2, 0.25) is 4.75 Å². The van der Waals surface area contributed by atoms with E-state index in [-0.39, 0.29) is 0 Å². The summed E-state index contributed by atoms with van der Waals surface area (Å²) in [4.78, 5) is 0. The van der Waals surface area contributed by atoms with E-state index in [1.54, 1.807) is 5.16 Å². The molecule has 0 spiro atoms. The maximum Gasteiger partial charge on any atom is 0.416 e. The molecule has 0 aromatic carbocycles. The van der Waals surface area contributed by atoms with Gasteiger partial charge in [0, 0.05) is 0 Å². The molecule has 78 valence electrons. The number of rotatable bonds is 1. The molecule has 0 aliphatic heterocycles. The van der Waals surface area contributed by atoms with Crippen LogP contribution in [0.2, 0.25) is 0 Å². The van der Waals surface area contributed by atoms with Gasteiger partial charge in [0.15, 0.2) is 0 Å². The van der Waals surface area contributed by atoms with Gasteiger partial charge >= 0.3 is 12.4 Å². The second kappa shape index (κ2) is 3.28. The summed E-state index contributed by atoms with van der Waals surface area (Å²) in [6.07, 6.45) is -12.1. The first-order valence-corrected chi connectivity index (χ1v) is 3.05. The number of hydrogen-bond acceptors (Lipinski definition) is 3. The van der Waals surface area contributed by atoms with Crippen LogP contribution in [-0.4, -0.2) is 28.5 Å². The molecule has 1 N–H and O–H groups in total. The molecule has 0 aliphatic carbocycles. The van der Waals surface area contributed by atoms with Crippen molar-refractivity contribution < 1.29 is 31.5 Å². The number of thiol groups is 1. The summed E-state index contributed by atoms with van der Waals surface area (Å²) in [6.45, 7) is 0. The molecule has 0 bridgehead atoms. The first-order chi connectivity index (χ1) is 5.56. The Balaban J connectivity index is 5.21. The molecule has 0 radical (unpaired) electrons. The third-order valence-corrected chi connectivity index (χ3v) is 1.73. The minimum Gasteiger partial charge on any atom is -0.411 e. The summed E-state index contributed by atoms with van der Waals surface area (Å²) in [7, 11) is 0. The van der Waals surface area contributed by atoms with Crippen LogP contribution in [0.1, 0.15) is 0 Å². The molecular formula is C4H3F6NOS. The molecule has 0 amide bonds. The van der Waals surface area contributed by atoms with E-state index in [2.05, 4.69) is 12.6 Å². The van der Waals surface area contributed by atoms with E-state index in [9.17, 15) is 26.3 Å². The van der Waals surface area contributed by atoms with E-state index in [4.69, 9.17) is 5.21 Å². The minimum atomic E-state index is -5.68. The van der Waals surface area contributed by atoms with E-state index in [1.807, 2.05) is 0 Å². The first kappa shape index (κ1) is 12.4. The fourth-order valence-electron chi connectivity index (χ4n) is 0.391. The molecule has 0 heterocycles. The van der Waals surface area contributed by atoms with Crippen molar-refractivity contribution in [2.75, 3.05) is 0 Å². The van der Waals surface area contributed by atoms with E-state index in [0.717, 1.165) is 0 Å². The topological polar surface area (TPSA) is 32.6 Å². The van der Waals surface area contributed by atoms with Gasteiger partial charge in [-0.05, 0) is 0 Å². The standard InChI is InChI=1S/C4H3F6NOS/c5-3(6,7)2(13,1-11-12)4(8,9)10/h1,12-13H. The lowest BCUT2D eigenvalue weighted by molar-refractivity contribution is -0.241. The van der Waals surface area contributed by atoms with Crippen LogP contribution in [0, 0.1) is 0 Å². The lowest BCUT2D eigenvalue weighted by atomic mass is 10.1. The van der Waals surface area contributed by atoms with E-state index in [0.29, 0.717) is 0 Å². The van der Waals surface area contributed by atoms with Gasteiger partial charge < -0.3 is 5.21 Å². The van der Waals surface area contributed by atoms with Gasteiger partial charge in [-0.2, -0.15) is 26.3 Å². The largest absolute Gasteiger partial charge is 0.416 e. The molecular weight excluding hydrogens is 224 g/mol. The molecule has 0 unspecified atom stereocenters. The number of oxime groups is 1. The van der Waals surface area contributed by atoms with Gasteiger partial charge in [0.05, 0.1) is 6.21 Å². The van der Waals surface area contributed by atoms with Crippen molar-refractivity contribution >= 4 is 18.8 Å². The Labute approximate surface area is 73.6 Å². The zero-order valence-corrected chi connectivity index (χ0v) is 6.58. The highest BCUT2D eigenvalue weighted by Crippen LogP contribution is 2.46. The number of nitrogens with zero attached hydrogens (tertiary/aromatic N) is 1. The van der Waals surface area contributed by atoms with Gasteiger partial charge in [0.25, 0.3) is 0 Å². The van der Waals surface area contributed by atoms with Gasteiger partial charge in [0.1, 0.15) is 0 Å². The maximum absolute atomic E-state index is 11.8. The third kappa shape index (κ3) is 2.20. The minimum absolute atomic E-state index is 0.726. The van der Waals surface area contributed by atoms with Crippen LogP contribution in [0.15, 0.2) is 5.16 Å². The number of halogens is 6. The summed E-state index contributed by atoms with van der Waals surface area (Å²) in [5.41, 5.74) is 0. The Morgan fingerprint density at radius 3 is 1.38 bits per heavy atom. The Morgan fingerprint density at radius 1 is 1.00 bits per heavy atom. The molecule has 0 fully saturated rings. The zero-order chi connectivity index (χ0) is 10.9. The van der Waals surface area contributed by atoms with Crippen molar-refractivity contribution in [2.24, 2.45) is 5.16 Å². The van der Waals surface area contributed by atoms with Gasteiger partial charge in [-0.1, -0.05) is 5.16 Å². The number of hydrogen-bond donors (Lipinski definition) is 2. The molecule has 0 aliphatic rings. The fraction of sp³-hybridized carbons (Fsp3) is 0.750. The van der Waals surface area contributed by atoms with Crippen molar-refractivity contribution in [1.29, 1.82) is 0 Å². The molecule has 9 heteroatoms. The number of alkyl halides is 6. The molecule has 0 atom stereocenters. The van der Waals surface area contributed by atoms with Gasteiger partial charge in [-0.3, -0.25) is 0 Å². The van der Waals surface area contributed by atoms with Crippen LogP contribution in [0.5, 0.6) is 0 Å². The van der Waals surface area contributed by atoms with Gasteiger partial charge in [-0.25, -0.2) is 0 Å². The molecule has 0 saturated heterocycles. The van der Waals surface area contributed by atoms with Crippen molar-refractivity contribution in [3.8, 4) is 0 Å². The average molecular weight is 227 g/mol. The Kier molecular flexibility index (Phi) is 3.12. The highest BCUT2D eigenvalue weighted by Gasteiger charge is 2.68. The summed E-state index contributed by atoms with van der Waals surface area (Å²) >= 11 is 2.40. The van der Waals surface area contributed by atoms with Crippen LogP contribution in [-0.2, 0) is 0 Å². The summed E-state index contributed by atoms with van der Waals surface area (Å²) in [5.74, 6) is 0. The maximum atomic E-state index is 11.8. The van der Waals surface area contributed by atoms with E-state index < -0.39 is 23.3 Å². The normalized spacial score (nSPS) is 15.3. The monoisotopic (exact) mass is 227 g/mol. The predicted octanol–water partition coefficient (Wildman–Crippen LogP) is 2.24. The Morgan fingerprint density at radius 2 is 1.31 bits per heavy atom. The van der Waals surface area contributed by atoms with Crippen molar-refractivity contribution in [1.82, 2.24) is 0 Å². The Hall–Kier alpha value is -0.600. The molecule has 13 heavy (non-hydrogen) atoms. The average Bonchev–Trinajstić information content (AvgIpc) is 1.82. The van der Waals surface area contributed by atoms with E-state index >= 15 is 0 Å². The fourth-order valence-corrected chi connectivity index (χ4v) is 0.442. The second-order valence-corrected chi connectivity index (χ2v) is 2.71. The molecule has 0 saturated carbocycles. The van der Waals surface area contributed by atoms with Gasteiger partial charge in [-0.15, -0.1) is 12.6 Å². The van der Waals surface area contributed by atoms with Crippen LogP contribution in [0.4, 0.5) is 26.3 Å². The summed E-state index contributed by atoms with van der Waals surface area (Å²) < 4.78 is 66.3. The highest BCUT2D eigenvalue weighted by molar-refractivity contribution is 7.82. The van der Waals surface area contributed by atoms with Crippen molar-refractivity contribution in [3.63, 3.8) is 0 Å². The second-order valence-electron chi connectivity index (χ2n) is 2.01. The lowest BCUT2D eigenvalue weighted by Crippen LogP contribution is -2.53. The highest BCUT2D eigenvalue weighted by atomic mass is 32.1. The van der Waals surface area contributed by atoms with Crippen molar-refractivity contribution in [3.05, 3.63) is 0 Å². The zero-order valence-electron chi connectivity index (χ0n) is 5.69. The van der Waals surface area contributed by atoms with Crippen LogP contribution in [0.3, 0.4) is 0 Å². The summed E-state index contributed by atoms with van der Waals surface area (Å²) in [6, 6.07) is 0. The lowest BCUT2D eigenvalue weighted by Gasteiger charge is -2.28. The first-order valence-electron chi connectivity index (χ1n) is 2.60. The Bertz CT molecular complexity index is 194. The molecule has 0 aromatic rings. The molecule has 0 aromatic heterocycles. The SMILES string of the molecule is ON=CC(S)(C(F)(F)F)C(F)(F)F. The van der Waals surface area contributed by atoms with Crippen LogP contribution >= 0.6 is 12.6 Å². The van der Waals surface area contributed by atoms with Crippen LogP contribution < -0.4 is 0 Å². The van der Waals surface area contributed by atoms with Crippen LogP contribution in [0.25, 0.3) is 0 Å². The quantitative estimate of drug-likeness (QED) is 0.232.